The van der Waals surface area contributed by atoms with Crippen LogP contribution in [0.2, 0.25) is 5.02 Å². The Hall–Kier alpha value is -1.65. The highest BCUT2D eigenvalue weighted by Crippen LogP contribution is 2.19. The molecule has 3 aromatic rings. The lowest BCUT2D eigenvalue weighted by atomic mass is 10.1. The summed E-state index contributed by atoms with van der Waals surface area (Å²) in [4.78, 5) is 16.5. The molecule has 19 heavy (non-hydrogen) atoms. The second kappa shape index (κ2) is 4.79. The summed E-state index contributed by atoms with van der Waals surface area (Å²) in [5, 5.41) is 2.56. The molecule has 2 aromatic heterocycles. The second-order valence-electron chi connectivity index (χ2n) is 4.41. The van der Waals surface area contributed by atoms with Gasteiger partial charge in [0.1, 0.15) is 4.70 Å². The van der Waals surface area contributed by atoms with Gasteiger partial charge in [0.05, 0.1) is 18.4 Å². The molecule has 0 bridgehead atoms. The quantitative estimate of drug-likeness (QED) is 0.724. The molecular weight excluding hydrogens is 280 g/mol. The Morgan fingerprint density at radius 3 is 3.00 bits per heavy atom. The molecule has 0 amide bonds. The number of hydrogen-bond donors (Lipinski definition) is 0. The highest BCUT2D eigenvalue weighted by atomic mass is 35.5. The van der Waals surface area contributed by atoms with E-state index in [1.807, 2.05) is 36.6 Å². The standard InChI is InChI=1S/C14H11ClN2OS/c1-9-2-3-10(11(15)6-9)7-17-8-16-12-4-5-19-13(12)14(17)18/h2-6,8H,7H2,1H3. The van der Waals surface area contributed by atoms with Crippen LogP contribution in [0.5, 0.6) is 0 Å². The van der Waals surface area contributed by atoms with Crippen LogP contribution in [0.3, 0.4) is 0 Å². The predicted molar refractivity (Wildman–Crippen MR) is 79.2 cm³/mol. The number of aryl methyl sites for hydroxylation is 1. The van der Waals surface area contributed by atoms with E-state index in [0.717, 1.165) is 16.6 Å². The van der Waals surface area contributed by atoms with Crippen LogP contribution in [-0.4, -0.2) is 9.55 Å². The Bertz CT molecular complexity index is 807. The smallest absolute Gasteiger partial charge is 0.271 e. The molecule has 0 fully saturated rings. The van der Waals surface area contributed by atoms with Gasteiger partial charge in [0, 0.05) is 5.02 Å². The zero-order chi connectivity index (χ0) is 13.4. The number of benzene rings is 1. The van der Waals surface area contributed by atoms with Gasteiger partial charge in [-0.15, -0.1) is 11.3 Å². The van der Waals surface area contributed by atoms with Crippen LogP contribution >= 0.6 is 22.9 Å². The fraction of sp³-hybridized carbons (Fsp3) is 0.143. The molecule has 0 aliphatic heterocycles. The fourth-order valence-electron chi connectivity index (χ4n) is 1.96. The Morgan fingerprint density at radius 2 is 2.21 bits per heavy atom. The molecule has 0 atom stereocenters. The van der Waals surface area contributed by atoms with Gasteiger partial charge in [0.15, 0.2) is 0 Å². The largest absolute Gasteiger partial charge is 0.293 e. The van der Waals surface area contributed by atoms with Crippen molar-refractivity contribution in [1.82, 2.24) is 9.55 Å². The third-order valence-corrected chi connectivity index (χ3v) is 4.23. The summed E-state index contributed by atoms with van der Waals surface area (Å²) in [6, 6.07) is 7.69. The molecule has 3 rings (SSSR count). The van der Waals surface area contributed by atoms with Crippen LogP contribution in [0.15, 0.2) is 40.8 Å². The zero-order valence-electron chi connectivity index (χ0n) is 10.3. The molecule has 1 aromatic carbocycles. The number of hydrogen-bond acceptors (Lipinski definition) is 3. The maximum absolute atomic E-state index is 12.3. The molecule has 2 heterocycles. The van der Waals surface area contributed by atoms with Crippen molar-refractivity contribution < 1.29 is 0 Å². The van der Waals surface area contributed by atoms with Crippen molar-refractivity contribution in [2.45, 2.75) is 13.5 Å². The van der Waals surface area contributed by atoms with E-state index in [-0.39, 0.29) is 5.56 Å². The summed E-state index contributed by atoms with van der Waals surface area (Å²) in [7, 11) is 0. The van der Waals surface area contributed by atoms with E-state index >= 15 is 0 Å². The lowest BCUT2D eigenvalue weighted by Crippen LogP contribution is -2.20. The van der Waals surface area contributed by atoms with Gasteiger partial charge in [0.2, 0.25) is 0 Å². The first-order chi connectivity index (χ1) is 9.15. The van der Waals surface area contributed by atoms with Crippen molar-refractivity contribution >= 4 is 33.2 Å². The highest BCUT2D eigenvalue weighted by Gasteiger charge is 2.07. The SMILES string of the molecule is Cc1ccc(Cn2cnc3ccsc3c2=O)c(Cl)c1. The zero-order valence-corrected chi connectivity index (χ0v) is 11.8. The maximum atomic E-state index is 12.3. The topological polar surface area (TPSA) is 34.9 Å². The van der Waals surface area contributed by atoms with Crippen LogP contribution in [0, 0.1) is 6.92 Å². The molecule has 0 saturated carbocycles. The lowest BCUT2D eigenvalue weighted by molar-refractivity contribution is 0.750. The molecule has 0 aliphatic carbocycles. The molecular formula is C14H11ClN2OS. The van der Waals surface area contributed by atoms with Gasteiger partial charge >= 0.3 is 0 Å². The summed E-state index contributed by atoms with van der Waals surface area (Å²) >= 11 is 7.61. The number of nitrogens with zero attached hydrogens (tertiary/aromatic N) is 2. The molecule has 0 N–H and O–H groups in total. The summed E-state index contributed by atoms with van der Waals surface area (Å²) in [6.07, 6.45) is 1.58. The van der Waals surface area contributed by atoms with Crippen molar-refractivity contribution in [3.63, 3.8) is 0 Å². The minimum atomic E-state index is -0.0170. The molecule has 0 aliphatic rings. The summed E-state index contributed by atoms with van der Waals surface area (Å²) in [6.45, 7) is 2.43. The molecule has 0 radical (unpaired) electrons. The van der Waals surface area contributed by atoms with Gasteiger partial charge < -0.3 is 0 Å². The predicted octanol–water partition coefficient (Wildman–Crippen LogP) is 3.47. The average molecular weight is 291 g/mol. The van der Waals surface area contributed by atoms with E-state index in [1.54, 1.807) is 10.9 Å². The van der Waals surface area contributed by atoms with Crippen molar-refractivity contribution in [1.29, 1.82) is 0 Å². The van der Waals surface area contributed by atoms with Crippen molar-refractivity contribution in [2.24, 2.45) is 0 Å². The lowest BCUT2D eigenvalue weighted by Gasteiger charge is -2.07. The number of rotatable bonds is 2. The molecule has 5 heteroatoms. The third kappa shape index (κ3) is 2.29. The van der Waals surface area contributed by atoms with Gasteiger partial charge in [0.25, 0.3) is 5.56 Å². The van der Waals surface area contributed by atoms with E-state index in [0.29, 0.717) is 16.3 Å². The van der Waals surface area contributed by atoms with Crippen LogP contribution in [-0.2, 0) is 6.54 Å². The first-order valence-corrected chi connectivity index (χ1v) is 7.08. The molecule has 0 unspecified atom stereocenters. The van der Waals surface area contributed by atoms with Crippen LogP contribution in [0.25, 0.3) is 10.2 Å². The second-order valence-corrected chi connectivity index (χ2v) is 5.73. The molecule has 0 spiro atoms. The maximum Gasteiger partial charge on any atom is 0.271 e. The summed E-state index contributed by atoms with van der Waals surface area (Å²) in [5.74, 6) is 0. The number of halogens is 1. The van der Waals surface area contributed by atoms with Crippen LogP contribution in [0.1, 0.15) is 11.1 Å². The van der Waals surface area contributed by atoms with Gasteiger partial charge in [-0.3, -0.25) is 9.36 Å². The van der Waals surface area contributed by atoms with E-state index in [1.165, 1.54) is 11.3 Å². The van der Waals surface area contributed by atoms with Gasteiger partial charge in [-0.2, -0.15) is 0 Å². The van der Waals surface area contributed by atoms with Crippen molar-refractivity contribution in [3.8, 4) is 0 Å². The highest BCUT2D eigenvalue weighted by molar-refractivity contribution is 7.17. The minimum absolute atomic E-state index is 0.0170. The molecule has 3 nitrogen and oxygen atoms in total. The van der Waals surface area contributed by atoms with E-state index in [9.17, 15) is 4.79 Å². The fourth-order valence-corrected chi connectivity index (χ4v) is 3.04. The van der Waals surface area contributed by atoms with E-state index in [2.05, 4.69) is 4.98 Å². The Kier molecular flexibility index (Phi) is 3.12. The molecule has 0 saturated heterocycles. The monoisotopic (exact) mass is 290 g/mol. The first-order valence-electron chi connectivity index (χ1n) is 5.83. The van der Waals surface area contributed by atoms with Crippen LogP contribution in [0.4, 0.5) is 0 Å². The Morgan fingerprint density at radius 1 is 1.37 bits per heavy atom. The minimum Gasteiger partial charge on any atom is -0.293 e. The average Bonchev–Trinajstić information content (AvgIpc) is 2.85. The van der Waals surface area contributed by atoms with Crippen molar-refractivity contribution in [2.75, 3.05) is 0 Å². The van der Waals surface area contributed by atoms with Gasteiger partial charge in [-0.05, 0) is 35.6 Å². The summed E-state index contributed by atoms with van der Waals surface area (Å²) < 4.78 is 2.28. The third-order valence-electron chi connectivity index (χ3n) is 2.99. The van der Waals surface area contributed by atoms with E-state index < -0.39 is 0 Å². The van der Waals surface area contributed by atoms with E-state index in [4.69, 9.17) is 11.6 Å². The molecule has 96 valence electrons. The Labute approximate surface area is 119 Å². The van der Waals surface area contributed by atoms with Crippen LogP contribution < -0.4 is 5.56 Å². The Balaban J connectivity index is 2.05. The number of fused-ring (bicyclic) bond motifs is 1. The normalized spacial score (nSPS) is 11.1. The number of thiophene rings is 1. The first kappa shape index (κ1) is 12.4. The summed E-state index contributed by atoms with van der Waals surface area (Å²) in [5.41, 5.74) is 2.76. The van der Waals surface area contributed by atoms with Crippen molar-refractivity contribution in [3.05, 3.63) is 62.5 Å². The van der Waals surface area contributed by atoms with Gasteiger partial charge in [-0.1, -0.05) is 23.7 Å². The van der Waals surface area contributed by atoms with Gasteiger partial charge in [-0.25, -0.2) is 4.98 Å². The number of aromatic nitrogens is 2.